The summed E-state index contributed by atoms with van der Waals surface area (Å²) in [6, 6.07) is 9.91. The van der Waals surface area contributed by atoms with Gasteiger partial charge in [-0.05, 0) is 43.4 Å². The minimum absolute atomic E-state index is 0.563. The highest BCUT2D eigenvalue weighted by molar-refractivity contribution is 7.80. The number of H-pyrrole nitrogens is 1. The van der Waals surface area contributed by atoms with Gasteiger partial charge >= 0.3 is 0 Å². The third kappa shape index (κ3) is 6.83. The lowest BCUT2D eigenvalue weighted by Crippen LogP contribution is -3.05. The van der Waals surface area contributed by atoms with Crippen LogP contribution < -0.4 is 30.6 Å². The standard InChI is InChI=1S/C20H28N6OS/c1-4-27-17-6-7-18-15(13-17)12-16(14-21)19(25-18)22-9-10-24-20(28)23-8-5-11-26(2)3/h6-7,12-13H,4-5,8-11H2,1-3H3,(H,22,25)(H2,23,24,28)/p+2. The Bertz CT molecular complexity index is 833. The van der Waals surface area contributed by atoms with Crippen molar-refractivity contribution in [2.75, 3.05) is 52.2 Å². The zero-order valence-corrected chi connectivity index (χ0v) is 17.6. The van der Waals surface area contributed by atoms with Gasteiger partial charge in [-0.3, -0.25) is 5.32 Å². The number of nitriles is 1. The second-order valence-corrected chi connectivity index (χ2v) is 7.18. The van der Waals surface area contributed by atoms with Gasteiger partial charge in [-0.25, -0.2) is 4.98 Å². The largest absolute Gasteiger partial charge is 0.494 e. The SMILES string of the molecule is CCOc1ccc2[nH+]c(NCCNC(=S)NCCC[NH+](C)C)c(C#N)cc2c1. The van der Waals surface area contributed by atoms with E-state index in [1.165, 1.54) is 4.90 Å². The lowest BCUT2D eigenvalue weighted by atomic mass is 10.1. The summed E-state index contributed by atoms with van der Waals surface area (Å²) in [5, 5.41) is 20.7. The summed E-state index contributed by atoms with van der Waals surface area (Å²) in [4.78, 5) is 4.72. The summed E-state index contributed by atoms with van der Waals surface area (Å²) >= 11 is 5.28. The van der Waals surface area contributed by atoms with Gasteiger partial charge < -0.3 is 20.3 Å². The second kappa shape index (κ2) is 11.3. The van der Waals surface area contributed by atoms with Crippen molar-refractivity contribution in [2.24, 2.45) is 0 Å². The minimum Gasteiger partial charge on any atom is -0.494 e. The van der Waals surface area contributed by atoms with Crippen molar-refractivity contribution in [1.29, 1.82) is 5.26 Å². The molecular weight excluding hydrogens is 372 g/mol. The fourth-order valence-corrected chi connectivity index (χ4v) is 2.96. The Morgan fingerprint density at radius 1 is 1.21 bits per heavy atom. The van der Waals surface area contributed by atoms with Gasteiger partial charge in [-0.1, -0.05) is 0 Å². The summed E-state index contributed by atoms with van der Waals surface area (Å²) < 4.78 is 5.53. The number of aromatic amines is 1. The number of benzene rings is 1. The molecule has 5 N–H and O–H groups in total. The average molecular weight is 403 g/mol. The highest BCUT2D eigenvalue weighted by Crippen LogP contribution is 2.21. The van der Waals surface area contributed by atoms with Crippen molar-refractivity contribution >= 4 is 34.1 Å². The molecule has 7 nitrogen and oxygen atoms in total. The van der Waals surface area contributed by atoms with E-state index in [1.807, 2.05) is 31.2 Å². The van der Waals surface area contributed by atoms with E-state index in [1.54, 1.807) is 0 Å². The molecule has 150 valence electrons. The molecule has 8 heteroatoms. The van der Waals surface area contributed by atoms with Crippen LogP contribution in [-0.2, 0) is 0 Å². The highest BCUT2D eigenvalue weighted by atomic mass is 32.1. The Morgan fingerprint density at radius 2 is 2.00 bits per heavy atom. The number of nitrogens with zero attached hydrogens (tertiary/aromatic N) is 1. The first-order chi connectivity index (χ1) is 13.5. The Balaban J connectivity index is 1.85. The van der Waals surface area contributed by atoms with Crippen LogP contribution in [0.2, 0.25) is 0 Å². The van der Waals surface area contributed by atoms with Crippen molar-refractivity contribution in [2.45, 2.75) is 13.3 Å². The van der Waals surface area contributed by atoms with Crippen LogP contribution in [0.1, 0.15) is 18.9 Å². The Kier molecular flexibility index (Phi) is 8.72. The second-order valence-electron chi connectivity index (χ2n) is 6.77. The number of hydrogen-bond acceptors (Lipinski definition) is 4. The van der Waals surface area contributed by atoms with Crippen LogP contribution in [0.4, 0.5) is 5.82 Å². The number of rotatable bonds is 10. The zero-order valence-electron chi connectivity index (χ0n) is 16.8. The molecule has 0 aliphatic carbocycles. The van der Waals surface area contributed by atoms with Gasteiger partial charge in [-0.2, -0.15) is 5.26 Å². The quantitative estimate of drug-likeness (QED) is 0.339. The van der Waals surface area contributed by atoms with Crippen LogP contribution in [0.25, 0.3) is 10.9 Å². The average Bonchev–Trinajstić information content (AvgIpc) is 2.68. The molecular formula is C20H30N6OS+2. The summed E-state index contributed by atoms with van der Waals surface area (Å²) in [6.45, 7) is 5.83. The molecule has 0 atom stereocenters. The van der Waals surface area contributed by atoms with Gasteiger partial charge in [0.2, 0.25) is 0 Å². The highest BCUT2D eigenvalue weighted by Gasteiger charge is 2.12. The van der Waals surface area contributed by atoms with Gasteiger partial charge in [0.15, 0.2) is 5.11 Å². The predicted molar refractivity (Wildman–Crippen MR) is 116 cm³/mol. The maximum absolute atomic E-state index is 9.47. The van der Waals surface area contributed by atoms with E-state index >= 15 is 0 Å². The normalized spacial score (nSPS) is 10.5. The van der Waals surface area contributed by atoms with Crippen LogP contribution in [0.5, 0.6) is 5.75 Å². The molecule has 0 bridgehead atoms. The molecule has 0 fully saturated rings. The zero-order chi connectivity index (χ0) is 20.4. The van der Waals surface area contributed by atoms with Crippen LogP contribution in [-0.4, -0.2) is 52.0 Å². The third-order valence-corrected chi connectivity index (χ3v) is 4.42. The van der Waals surface area contributed by atoms with Gasteiger partial charge in [0.05, 0.1) is 33.8 Å². The first kappa shape index (κ1) is 21.7. The summed E-state index contributed by atoms with van der Waals surface area (Å²) in [6.07, 6.45) is 1.07. The smallest absolute Gasteiger partial charge is 0.290 e. The number of ether oxygens (including phenoxy) is 1. The molecule has 2 aromatic rings. The number of aromatic nitrogens is 1. The fourth-order valence-electron chi connectivity index (χ4n) is 2.76. The predicted octanol–water partition coefficient (Wildman–Crippen LogP) is 0.335. The van der Waals surface area contributed by atoms with Crippen LogP contribution in [0, 0.1) is 11.3 Å². The third-order valence-electron chi connectivity index (χ3n) is 4.13. The van der Waals surface area contributed by atoms with E-state index in [-0.39, 0.29) is 0 Å². The van der Waals surface area contributed by atoms with Crippen molar-refractivity contribution in [3.63, 3.8) is 0 Å². The lowest BCUT2D eigenvalue weighted by Gasteiger charge is -2.11. The van der Waals surface area contributed by atoms with Crippen molar-refractivity contribution in [1.82, 2.24) is 10.6 Å². The molecule has 2 rings (SSSR count). The fraction of sp³-hybridized carbons (Fsp3) is 0.450. The van der Waals surface area contributed by atoms with Crippen molar-refractivity contribution in [3.05, 3.63) is 29.8 Å². The Hall–Kier alpha value is -2.63. The number of quaternary nitrogens is 1. The van der Waals surface area contributed by atoms with Gasteiger partial charge in [-0.15, -0.1) is 0 Å². The van der Waals surface area contributed by atoms with Crippen LogP contribution in [0.3, 0.4) is 0 Å². The summed E-state index contributed by atoms with van der Waals surface area (Å²) in [7, 11) is 4.28. The topological polar surface area (TPSA) is 87.7 Å². The van der Waals surface area contributed by atoms with Crippen LogP contribution in [0.15, 0.2) is 24.3 Å². The maximum Gasteiger partial charge on any atom is 0.290 e. The lowest BCUT2D eigenvalue weighted by molar-refractivity contribution is -0.858. The number of thiocarbonyl (C=S) groups is 1. The first-order valence-electron chi connectivity index (χ1n) is 9.61. The van der Waals surface area contributed by atoms with Gasteiger partial charge in [0, 0.05) is 18.4 Å². The number of hydrogen-bond donors (Lipinski definition) is 4. The molecule has 0 aliphatic rings. The van der Waals surface area contributed by atoms with E-state index in [0.717, 1.165) is 36.2 Å². The van der Waals surface area contributed by atoms with Gasteiger partial charge in [0.1, 0.15) is 29.4 Å². The molecule has 0 aliphatic heterocycles. The number of anilines is 1. The molecule has 0 saturated heterocycles. The van der Waals surface area contributed by atoms with Crippen LogP contribution >= 0.6 is 12.2 Å². The molecule has 1 heterocycles. The van der Waals surface area contributed by atoms with E-state index < -0.39 is 0 Å². The van der Waals surface area contributed by atoms with E-state index in [9.17, 15) is 5.26 Å². The molecule has 0 saturated carbocycles. The van der Waals surface area contributed by atoms with E-state index in [4.69, 9.17) is 17.0 Å². The summed E-state index contributed by atoms with van der Waals surface area (Å²) in [5.41, 5.74) is 1.51. The van der Waals surface area contributed by atoms with E-state index in [2.05, 4.69) is 41.1 Å². The molecule has 0 radical (unpaired) electrons. The van der Waals surface area contributed by atoms with Crippen molar-refractivity contribution < 1.29 is 14.6 Å². The molecule has 28 heavy (non-hydrogen) atoms. The molecule has 0 amide bonds. The maximum atomic E-state index is 9.47. The minimum atomic E-state index is 0.563. The summed E-state index contributed by atoms with van der Waals surface area (Å²) in [5.74, 6) is 1.50. The molecule has 0 unspecified atom stereocenters. The van der Waals surface area contributed by atoms with Gasteiger partial charge in [0.25, 0.3) is 5.82 Å². The molecule has 1 aromatic heterocycles. The Labute approximate surface area is 172 Å². The monoisotopic (exact) mass is 402 g/mol. The van der Waals surface area contributed by atoms with Crippen molar-refractivity contribution in [3.8, 4) is 11.8 Å². The Morgan fingerprint density at radius 3 is 2.71 bits per heavy atom. The number of fused-ring (bicyclic) bond motifs is 1. The number of nitrogens with one attached hydrogen (secondary N) is 5. The molecule has 0 spiro atoms. The number of pyridine rings is 1. The molecule has 1 aromatic carbocycles. The van der Waals surface area contributed by atoms with E-state index in [0.29, 0.717) is 36.2 Å². The first-order valence-corrected chi connectivity index (χ1v) is 10.0.